The Bertz CT molecular complexity index is 666. The maximum absolute atomic E-state index is 13.2. The number of aromatic carboxylic acids is 1. The summed E-state index contributed by atoms with van der Waals surface area (Å²) in [4.78, 5) is 17.6. The summed E-state index contributed by atoms with van der Waals surface area (Å²) < 4.78 is 53.3. The highest BCUT2D eigenvalue weighted by molar-refractivity contribution is 6.00. The number of imidazole rings is 1. The Balaban J connectivity index is 2.12. The van der Waals surface area contributed by atoms with E-state index in [2.05, 4.69) is 14.7 Å². The fraction of sp³-hybridized carbons (Fsp3) is 0.333. The van der Waals surface area contributed by atoms with E-state index in [0.29, 0.717) is 0 Å². The number of H-pyrrole nitrogens is 1. The maximum Gasteiger partial charge on any atom is 0.411 e. The number of carboxylic acids is 1. The van der Waals surface area contributed by atoms with Crippen molar-refractivity contribution in [1.82, 2.24) is 9.97 Å². The van der Waals surface area contributed by atoms with E-state index in [9.17, 15) is 22.4 Å². The van der Waals surface area contributed by atoms with Gasteiger partial charge < -0.3 is 14.8 Å². The number of fused-ring (bicyclic) bond motifs is 1. The third kappa shape index (κ3) is 3.91. The Morgan fingerprint density at radius 1 is 1.38 bits per heavy atom. The standard InChI is InChI=1S/C12H10F4N2O3/c13-6-3-7(11(19)20)10-8(4-6)17-9(18-10)1-2-21-5-12(14,15)16/h3-4H,1-2,5H2,(H,17,18)(H,19,20). The average Bonchev–Trinajstić information content (AvgIpc) is 2.74. The molecular weight excluding hydrogens is 296 g/mol. The van der Waals surface area contributed by atoms with Crippen molar-refractivity contribution in [3.8, 4) is 0 Å². The predicted molar refractivity (Wildman–Crippen MR) is 63.6 cm³/mol. The van der Waals surface area contributed by atoms with Gasteiger partial charge in [0, 0.05) is 6.42 Å². The number of benzene rings is 1. The number of alkyl halides is 3. The summed E-state index contributed by atoms with van der Waals surface area (Å²) in [7, 11) is 0. The minimum Gasteiger partial charge on any atom is -0.478 e. The molecule has 0 bridgehead atoms. The Labute approximate surface area is 115 Å². The van der Waals surface area contributed by atoms with E-state index in [1.807, 2.05) is 0 Å². The van der Waals surface area contributed by atoms with Crippen LogP contribution in [0, 0.1) is 5.82 Å². The van der Waals surface area contributed by atoms with Crippen LogP contribution >= 0.6 is 0 Å². The van der Waals surface area contributed by atoms with Gasteiger partial charge >= 0.3 is 12.1 Å². The number of carbonyl (C=O) groups is 1. The Morgan fingerprint density at radius 2 is 2.10 bits per heavy atom. The molecule has 0 saturated heterocycles. The van der Waals surface area contributed by atoms with Crippen molar-refractivity contribution in [2.24, 2.45) is 0 Å². The van der Waals surface area contributed by atoms with E-state index in [1.165, 1.54) is 0 Å². The Morgan fingerprint density at radius 3 is 2.71 bits per heavy atom. The molecule has 2 rings (SSSR count). The first-order valence-electron chi connectivity index (χ1n) is 5.82. The van der Waals surface area contributed by atoms with Gasteiger partial charge in [-0.3, -0.25) is 0 Å². The molecule has 0 atom stereocenters. The van der Waals surface area contributed by atoms with Crippen molar-refractivity contribution in [3.63, 3.8) is 0 Å². The quantitative estimate of drug-likeness (QED) is 0.657. The summed E-state index contributed by atoms with van der Waals surface area (Å²) in [5.74, 6) is -1.87. The molecule has 1 heterocycles. The number of rotatable bonds is 5. The molecule has 114 valence electrons. The van der Waals surface area contributed by atoms with Crippen LogP contribution in [0.25, 0.3) is 11.0 Å². The van der Waals surface area contributed by atoms with Crippen LogP contribution in [0.3, 0.4) is 0 Å². The lowest BCUT2D eigenvalue weighted by atomic mass is 10.2. The van der Waals surface area contributed by atoms with Gasteiger partial charge in [0.15, 0.2) is 0 Å². The number of aromatic nitrogens is 2. The van der Waals surface area contributed by atoms with Crippen molar-refractivity contribution >= 4 is 17.0 Å². The molecule has 0 spiro atoms. The average molecular weight is 306 g/mol. The molecule has 2 N–H and O–H groups in total. The van der Waals surface area contributed by atoms with Crippen LogP contribution in [0.2, 0.25) is 0 Å². The van der Waals surface area contributed by atoms with Gasteiger partial charge in [0.25, 0.3) is 0 Å². The van der Waals surface area contributed by atoms with E-state index < -0.39 is 24.6 Å². The number of carboxylic acid groups (broad SMARTS) is 1. The number of aromatic amines is 1. The van der Waals surface area contributed by atoms with Crippen LogP contribution in [0.15, 0.2) is 12.1 Å². The van der Waals surface area contributed by atoms with Crippen LogP contribution in [-0.4, -0.2) is 40.4 Å². The van der Waals surface area contributed by atoms with Crippen molar-refractivity contribution in [2.45, 2.75) is 12.6 Å². The normalized spacial score (nSPS) is 12.0. The number of hydrogen-bond donors (Lipinski definition) is 2. The molecule has 21 heavy (non-hydrogen) atoms. The van der Waals surface area contributed by atoms with Gasteiger partial charge in [-0.15, -0.1) is 0 Å². The molecule has 1 aromatic heterocycles. The largest absolute Gasteiger partial charge is 0.478 e. The zero-order valence-electron chi connectivity index (χ0n) is 10.5. The Kier molecular flexibility index (Phi) is 4.12. The topological polar surface area (TPSA) is 75.2 Å². The summed E-state index contributed by atoms with van der Waals surface area (Å²) in [5.41, 5.74) is -0.100. The zero-order valence-corrected chi connectivity index (χ0v) is 10.5. The molecule has 0 aliphatic heterocycles. The second-order valence-corrected chi connectivity index (χ2v) is 4.26. The third-order valence-corrected chi connectivity index (χ3v) is 2.58. The van der Waals surface area contributed by atoms with E-state index in [0.717, 1.165) is 12.1 Å². The van der Waals surface area contributed by atoms with Gasteiger partial charge in [0.05, 0.1) is 17.7 Å². The van der Waals surface area contributed by atoms with Crippen LogP contribution in [0.1, 0.15) is 16.2 Å². The van der Waals surface area contributed by atoms with E-state index in [4.69, 9.17) is 5.11 Å². The monoisotopic (exact) mass is 306 g/mol. The summed E-state index contributed by atoms with van der Waals surface area (Å²) in [5, 5.41) is 8.95. The molecule has 0 saturated carbocycles. The highest BCUT2D eigenvalue weighted by Crippen LogP contribution is 2.19. The number of ether oxygens (including phenoxy) is 1. The Hall–Kier alpha value is -2.16. The van der Waals surface area contributed by atoms with E-state index in [-0.39, 0.29) is 35.4 Å². The molecule has 0 radical (unpaired) electrons. The fourth-order valence-electron chi connectivity index (χ4n) is 1.77. The summed E-state index contributed by atoms with van der Waals surface area (Å²) in [6.07, 6.45) is -4.39. The van der Waals surface area contributed by atoms with Crippen molar-refractivity contribution in [2.75, 3.05) is 13.2 Å². The predicted octanol–water partition coefficient (Wildman–Crippen LogP) is 2.52. The minimum absolute atomic E-state index is 0.0193. The van der Waals surface area contributed by atoms with E-state index >= 15 is 0 Å². The molecule has 5 nitrogen and oxygen atoms in total. The number of nitrogens with one attached hydrogen (secondary N) is 1. The van der Waals surface area contributed by atoms with E-state index in [1.54, 1.807) is 0 Å². The third-order valence-electron chi connectivity index (χ3n) is 2.58. The van der Waals surface area contributed by atoms with Crippen molar-refractivity contribution in [1.29, 1.82) is 0 Å². The summed E-state index contributed by atoms with van der Waals surface area (Å²) in [6.45, 7) is -1.62. The SMILES string of the molecule is O=C(O)c1cc(F)cc2[nH]c(CCOCC(F)(F)F)nc12. The number of nitrogens with zero attached hydrogens (tertiary/aromatic N) is 1. The fourth-order valence-corrected chi connectivity index (χ4v) is 1.77. The first kappa shape index (κ1) is 15.2. The second kappa shape index (κ2) is 5.68. The number of hydrogen-bond acceptors (Lipinski definition) is 3. The van der Waals surface area contributed by atoms with Gasteiger partial charge in [-0.2, -0.15) is 13.2 Å². The summed E-state index contributed by atoms with van der Waals surface area (Å²) in [6, 6.07) is 1.89. The molecular formula is C12H10F4N2O3. The van der Waals surface area contributed by atoms with Crippen molar-refractivity contribution < 1.29 is 32.2 Å². The van der Waals surface area contributed by atoms with Crippen molar-refractivity contribution in [3.05, 3.63) is 29.3 Å². The van der Waals surface area contributed by atoms with Gasteiger partial charge in [-0.05, 0) is 12.1 Å². The van der Waals surface area contributed by atoms with Crippen LogP contribution in [0.5, 0.6) is 0 Å². The van der Waals surface area contributed by atoms with Crippen LogP contribution in [0.4, 0.5) is 17.6 Å². The smallest absolute Gasteiger partial charge is 0.411 e. The zero-order chi connectivity index (χ0) is 15.6. The first-order valence-corrected chi connectivity index (χ1v) is 5.82. The van der Waals surface area contributed by atoms with Gasteiger partial charge in [0.1, 0.15) is 23.8 Å². The molecule has 0 amide bonds. The maximum atomic E-state index is 13.2. The highest BCUT2D eigenvalue weighted by Gasteiger charge is 2.27. The molecule has 9 heteroatoms. The molecule has 1 aromatic carbocycles. The molecule has 2 aromatic rings. The van der Waals surface area contributed by atoms with Gasteiger partial charge in [0.2, 0.25) is 0 Å². The molecule has 0 aliphatic rings. The minimum atomic E-state index is -4.41. The molecule has 0 fully saturated rings. The second-order valence-electron chi connectivity index (χ2n) is 4.26. The summed E-state index contributed by atoms with van der Waals surface area (Å²) >= 11 is 0. The van der Waals surface area contributed by atoms with Crippen LogP contribution < -0.4 is 0 Å². The molecule has 0 aliphatic carbocycles. The first-order chi connectivity index (χ1) is 9.76. The van der Waals surface area contributed by atoms with Gasteiger partial charge in [-0.1, -0.05) is 0 Å². The van der Waals surface area contributed by atoms with Crippen LogP contribution in [-0.2, 0) is 11.2 Å². The lowest BCUT2D eigenvalue weighted by Crippen LogP contribution is -2.18. The highest BCUT2D eigenvalue weighted by atomic mass is 19.4. The lowest BCUT2D eigenvalue weighted by Gasteiger charge is -2.06. The number of halogens is 4. The molecule has 0 unspecified atom stereocenters. The van der Waals surface area contributed by atoms with Gasteiger partial charge in [-0.25, -0.2) is 14.2 Å². The lowest BCUT2D eigenvalue weighted by molar-refractivity contribution is -0.173.